The van der Waals surface area contributed by atoms with Crippen LogP contribution in [0.25, 0.3) is 5.69 Å². The Morgan fingerprint density at radius 1 is 1.03 bits per heavy atom. The van der Waals surface area contributed by atoms with Gasteiger partial charge in [-0.2, -0.15) is 13.2 Å². The summed E-state index contributed by atoms with van der Waals surface area (Å²) in [7, 11) is 3.04. The first-order valence-corrected chi connectivity index (χ1v) is 12.2. The molecule has 0 bridgehead atoms. The zero-order valence-electron chi connectivity index (χ0n) is 21.0. The van der Waals surface area contributed by atoms with Gasteiger partial charge in [-0.15, -0.1) is 0 Å². The van der Waals surface area contributed by atoms with E-state index in [1.807, 2.05) is 0 Å². The average molecular weight is 507 g/mol. The molecule has 0 saturated carbocycles. The molecule has 1 saturated heterocycles. The fourth-order valence-corrected chi connectivity index (χ4v) is 4.42. The predicted octanol–water partition coefficient (Wildman–Crippen LogP) is 3.86. The van der Waals surface area contributed by atoms with Crippen molar-refractivity contribution in [1.82, 2.24) is 19.7 Å². The second kappa shape index (κ2) is 11.7. The van der Waals surface area contributed by atoms with Crippen LogP contribution in [0, 0.1) is 6.92 Å². The van der Waals surface area contributed by atoms with E-state index in [9.17, 15) is 27.6 Å². The molecule has 0 spiro atoms. The lowest BCUT2D eigenvalue weighted by molar-refractivity contribution is -0.137. The first-order valence-electron chi connectivity index (χ1n) is 12.2. The monoisotopic (exact) mass is 506 g/mol. The Bertz CT molecular complexity index is 1150. The first kappa shape index (κ1) is 27.4. The number of nitrogens with one attached hydrogen (secondary N) is 1. The topological polar surface area (TPSA) is 74.7 Å². The fraction of sp³-hybridized carbons (Fsp3) is 0.500. The quantitative estimate of drug-likeness (QED) is 0.579. The van der Waals surface area contributed by atoms with E-state index in [1.165, 1.54) is 57.0 Å². The zero-order chi connectivity index (χ0) is 26.5. The summed E-state index contributed by atoms with van der Waals surface area (Å²) in [6.07, 6.45) is 0.863. The summed E-state index contributed by atoms with van der Waals surface area (Å²) < 4.78 is 41.0. The largest absolute Gasteiger partial charge is 0.416 e. The van der Waals surface area contributed by atoms with Crippen molar-refractivity contribution in [3.63, 3.8) is 0 Å². The molecule has 2 heterocycles. The van der Waals surface area contributed by atoms with E-state index >= 15 is 0 Å². The molecule has 3 rings (SSSR count). The Labute approximate surface area is 208 Å². The van der Waals surface area contributed by atoms with Crippen molar-refractivity contribution in [2.75, 3.05) is 40.3 Å². The van der Waals surface area contributed by atoms with Crippen LogP contribution in [-0.4, -0.2) is 66.5 Å². The van der Waals surface area contributed by atoms with Crippen molar-refractivity contribution in [2.24, 2.45) is 0 Å². The molecular formula is C26H33F3N4O3. The number of carbonyl (C=O) groups is 2. The summed E-state index contributed by atoms with van der Waals surface area (Å²) in [6, 6.07) is 5.50. The summed E-state index contributed by atoms with van der Waals surface area (Å²) in [5.74, 6) is -1.13. The van der Waals surface area contributed by atoms with Crippen LogP contribution in [0.3, 0.4) is 0 Å². The number of amides is 2. The number of pyridine rings is 1. The van der Waals surface area contributed by atoms with Crippen LogP contribution in [0.4, 0.5) is 13.2 Å². The summed E-state index contributed by atoms with van der Waals surface area (Å²) >= 11 is 0. The standard InChI is InChI=1S/C26H33F3N4O3/c1-18-21(24(35)31(2)3)17-22(23(34)30-12-9-15-32-13-6-4-5-7-14-32)25(36)33(18)20-11-8-10-19(16-20)26(27,28)29/h8,10-11,16-17H,4-7,9,12-15H2,1-3H3,(H,30,34). The molecule has 1 aromatic heterocycles. The molecule has 196 valence electrons. The highest BCUT2D eigenvalue weighted by molar-refractivity contribution is 6.00. The van der Waals surface area contributed by atoms with Crippen LogP contribution in [0.5, 0.6) is 0 Å². The van der Waals surface area contributed by atoms with E-state index in [0.29, 0.717) is 13.0 Å². The number of carbonyl (C=O) groups excluding carboxylic acids is 2. The van der Waals surface area contributed by atoms with E-state index < -0.39 is 29.1 Å². The van der Waals surface area contributed by atoms with Crippen LogP contribution >= 0.6 is 0 Å². The van der Waals surface area contributed by atoms with E-state index in [-0.39, 0.29) is 22.5 Å². The first-order chi connectivity index (χ1) is 17.0. The molecule has 36 heavy (non-hydrogen) atoms. The van der Waals surface area contributed by atoms with Gasteiger partial charge in [0.15, 0.2) is 0 Å². The third-order valence-corrected chi connectivity index (χ3v) is 6.40. The van der Waals surface area contributed by atoms with E-state index in [2.05, 4.69) is 10.2 Å². The number of hydrogen-bond donors (Lipinski definition) is 1. The minimum absolute atomic E-state index is 0.0618. The summed E-state index contributed by atoms with van der Waals surface area (Å²) in [5, 5.41) is 2.74. The molecule has 10 heteroatoms. The van der Waals surface area contributed by atoms with Gasteiger partial charge in [-0.25, -0.2) is 0 Å². The predicted molar refractivity (Wildman–Crippen MR) is 132 cm³/mol. The van der Waals surface area contributed by atoms with Gasteiger partial charge in [-0.3, -0.25) is 19.0 Å². The van der Waals surface area contributed by atoms with E-state index in [0.717, 1.165) is 49.2 Å². The number of nitrogens with zero attached hydrogens (tertiary/aromatic N) is 3. The van der Waals surface area contributed by atoms with Gasteiger partial charge in [0.1, 0.15) is 5.56 Å². The molecule has 1 aromatic carbocycles. The molecule has 0 unspecified atom stereocenters. The maximum absolute atomic E-state index is 13.3. The van der Waals surface area contributed by atoms with Gasteiger partial charge < -0.3 is 15.1 Å². The normalized spacial score (nSPS) is 14.8. The molecule has 0 aliphatic carbocycles. The molecular weight excluding hydrogens is 473 g/mol. The molecule has 7 nitrogen and oxygen atoms in total. The average Bonchev–Trinajstić information content (AvgIpc) is 3.10. The van der Waals surface area contributed by atoms with E-state index in [1.54, 1.807) is 0 Å². The summed E-state index contributed by atoms with van der Waals surface area (Å²) in [6.45, 7) is 4.70. The Hall–Kier alpha value is -3.14. The SMILES string of the molecule is Cc1c(C(=O)N(C)C)cc(C(=O)NCCCN2CCCCCC2)c(=O)n1-c1cccc(C(F)(F)F)c1. The van der Waals surface area contributed by atoms with E-state index in [4.69, 9.17) is 0 Å². The van der Waals surface area contributed by atoms with Crippen LogP contribution in [0.15, 0.2) is 35.1 Å². The summed E-state index contributed by atoms with van der Waals surface area (Å²) in [4.78, 5) is 42.8. The van der Waals surface area contributed by atoms with Gasteiger partial charge in [0.2, 0.25) is 0 Å². The number of likely N-dealkylation sites (tertiary alicyclic amines) is 1. The van der Waals surface area contributed by atoms with Crippen molar-refractivity contribution in [3.8, 4) is 5.69 Å². The van der Waals surface area contributed by atoms with Crippen LogP contribution in [0.1, 0.15) is 64.1 Å². The van der Waals surface area contributed by atoms with Gasteiger partial charge in [-0.1, -0.05) is 18.9 Å². The number of alkyl halides is 3. The van der Waals surface area contributed by atoms with Crippen LogP contribution < -0.4 is 10.9 Å². The lowest BCUT2D eigenvalue weighted by Crippen LogP contribution is -2.37. The van der Waals surface area contributed by atoms with Crippen molar-refractivity contribution in [1.29, 1.82) is 0 Å². The fourth-order valence-electron chi connectivity index (χ4n) is 4.42. The Balaban J connectivity index is 1.91. The molecule has 0 radical (unpaired) electrons. The van der Waals surface area contributed by atoms with Crippen molar-refractivity contribution in [2.45, 2.75) is 45.2 Å². The Morgan fingerprint density at radius 2 is 1.69 bits per heavy atom. The lowest BCUT2D eigenvalue weighted by Gasteiger charge is -2.20. The minimum Gasteiger partial charge on any atom is -0.352 e. The molecule has 2 amide bonds. The lowest BCUT2D eigenvalue weighted by atomic mass is 10.1. The number of aromatic nitrogens is 1. The smallest absolute Gasteiger partial charge is 0.352 e. The highest BCUT2D eigenvalue weighted by Gasteiger charge is 2.31. The Morgan fingerprint density at radius 3 is 2.31 bits per heavy atom. The second-order valence-electron chi connectivity index (χ2n) is 9.31. The van der Waals surface area contributed by atoms with Gasteiger partial charge in [0, 0.05) is 32.0 Å². The van der Waals surface area contributed by atoms with Gasteiger partial charge in [0.05, 0.1) is 11.1 Å². The zero-order valence-corrected chi connectivity index (χ0v) is 21.0. The molecule has 0 atom stereocenters. The van der Waals surface area contributed by atoms with Gasteiger partial charge >= 0.3 is 6.18 Å². The second-order valence-corrected chi connectivity index (χ2v) is 9.31. The molecule has 1 aliphatic rings. The molecule has 1 N–H and O–H groups in total. The Kier molecular flexibility index (Phi) is 8.94. The minimum atomic E-state index is -4.61. The van der Waals surface area contributed by atoms with Crippen molar-refractivity contribution < 1.29 is 22.8 Å². The van der Waals surface area contributed by atoms with Gasteiger partial charge in [-0.05, 0) is 70.1 Å². The van der Waals surface area contributed by atoms with Crippen LogP contribution in [-0.2, 0) is 6.18 Å². The van der Waals surface area contributed by atoms with Gasteiger partial charge in [0.25, 0.3) is 17.4 Å². The molecule has 1 fully saturated rings. The number of benzene rings is 1. The summed E-state index contributed by atoms with van der Waals surface area (Å²) in [5.41, 5.74) is -1.88. The maximum atomic E-state index is 13.3. The maximum Gasteiger partial charge on any atom is 0.416 e. The number of hydrogen-bond acceptors (Lipinski definition) is 4. The van der Waals surface area contributed by atoms with Crippen LogP contribution in [0.2, 0.25) is 0 Å². The highest BCUT2D eigenvalue weighted by atomic mass is 19.4. The number of halogens is 3. The highest BCUT2D eigenvalue weighted by Crippen LogP contribution is 2.30. The molecule has 1 aliphatic heterocycles. The van der Waals surface area contributed by atoms with Crippen molar-refractivity contribution >= 4 is 11.8 Å². The molecule has 2 aromatic rings. The third kappa shape index (κ3) is 6.54. The third-order valence-electron chi connectivity index (χ3n) is 6.40. The number of rotatable bonds is 7. The van der Waals surface area contributed by atoms with Crippen molar-refractivity contribution in [3.05, 3.63) is 63.1 Å².